The maximum absolute atomic E-state index is 11.0. The second-order valence-corrected chi connectivity index (χ2v) is 5.03. The smallest absolute Gasteiger partial charge is 0.335 e. The number of rotatable bonds is 3. The zero-order chi connectivity index (χ0) is 15.0. The summed E-state index contributed by atoms with van der Waals surface area (Å²) in [6.07, 6.45) is 1.71. The first-order chi connectivity index (χ1) is 10.1. The molecule has 0 radical (unpaired) electrons. The van der Waals surface area contributed by atoms with E-state index in [0.717, 1.165) is 16.9 Å². The summed E-state index contributed by atoms with van der Waals surface area (Å²) in [5.41, 5.74) is 3.92. The Morgan fingerprint density at radius 3 is 2.48 bits per heavy atom. The largest absolute Gasteiger partial charge is 0.478 e. The molecule has 0 amide bonds. The highest BCUT2D eigenvalue weighted by Crippen LogP contribution is 2.21. The van der Waals surface area contributed by atoms with Crippen molar-refractivity contribution in [2.45, 2.75) is 0 Å². The molecule has 0 unspecified atom stereocenters. The van der Waals surface area contributed by atoms with E-state index in [1.54, 1.807) is 24.5 Å². The minimum atomic E-state index is -0.943. The summed E-state index contributed by atoms with van der Waals surface area (Å²) in [7, 11) is 3.99. The molecule has 0 bridgehead atoms. The zero-order valence-corrected chi connectivity index (χ0v) is 11.8. The van der Waals surface area contributed by atoms with E-state index in [1.807, 2.05) is 47.8 Å². The molecule has 1 heterocycles. The molecule has 3 rings (SSSR count). The van der Waals surface area contributed by atoms with E-state index in [2.05, 4.69) is 4.98 Å². The maximum atomic E-state index is 11.0. The number of imidazole rings is 1. The first-order valence-electron chi connectivity index (χ1n) is 6.54. The van der Waals surface area contributed by atoms with Crippen LogP contribution in [0.1, 0.15) is 10.4 Å². The van der Waals surface area contributed by atoms with Crippen molar-refractivity contribution < 1.29 is 9.90 Å². The normalized spacial score (nSPS) is 10.8. The molecule has 5 heteroatoms. The Bertz CT molecular complexity index is 804. The molecule has 1 aromatic heterocycles. The van der Waals surface area contributed by atoms with Crippen LogP contribution in [0.4, 0.5) is 5.69 Å². The van der Waals surface area contributed by atoms with E-state index in [-0.39, 0.29) is 5.56 Å². The fraction of sp³-hybridized carbons (Fsp3) is 0.125. The van der Waals surface area contributed by atoms with E-state index >= 15 is 0 Å². The lowest BCUT2D eigenvalue weighted by molar-refractivity contribution is 0.0697. The van der Waals surface area contributed by atoms with Gasteiger partial charge in [-0.2, -0.15) is 0 Å². The monoisotopic (exact) mass is 281 g/mol. The first-order valence-corrected chi connectivity index (χ1v) is 6.54. The lowest BCUT2D eigenvalue weighted by Crippen LogP contribution is -2.08. The van der Waals surface area contributed by atoms with E-state index in [1.165, 1.54) is 0 Å². The highest BCUT2D eigenvalue weighted by molar-refractivity contribution is 5.92. The van der Waals surface area contributed by atoms with E-state index in [4.69, 9.17) is 5.11 Å². The van der Waals surface area contributed by atoms with Crippen LogP contribution >= 0.6 is 0 Å². The Labute approximate surface area is 122 Å². The van der Waals surface area contributed by atoms with Crippen molar-refractivity contribution in [1.82, 2.24) is 9.55 Å². The Morgan fingerprint density at radius 1 is 1.14 bits per heavy atom. The lowest BCUT2D eigenvalue weighted by atomic mass is 10.2. The fourth-order valence-electron chi connectivity index (χ4n) is 2.26. The molecule has 0 spiro atoms. The van der Waals surface area contributed by atoms with Crippen molar-refractivity contribution in [3.8, 4) is 5.69 Å². The van der Waals surface area contributed by atoms with Gasteiger partial charge in [0, 0.05) is 25.5 Å². The van der Waals surface area contributed by atoms with Gasteiger partial charge in [0.1, 0.15) is 6.33 Å². The molecule has 0 aliphatic heterocycles. The molecule has 3 aromatic rings. The summed E-state index contributed by atoms with van der Waals surface area (Å²) in [4.78, 5) is 17.3. The Hall–Kier alpha value is -2.82. The van der Waals surface area contributed by atoms with Crippen molar-refractivity contribution in [3.05, 3.63) is 54.4 Å². The molecule has 21 heavy (non-hydrogen) atoms. The van der Waals surface area contributed by atoms with Gasteiger partial charge < -0.3 is 10.0 Å². The van der Waals surface area contributed by atoms with Gasteiger partial charge in [-0.3, -0.25) is 4.57 Å². The number of carboxylic acid groups (broad SMARTS) is 1. The SMILES string of the molecule is CN(C)c1ccc(-n2cnc3cc(C(=O)O)ccc32)cc1. The highest BCUT2D eigenvalue weighted by Gasteiger charge is 2.09. The second-order valence-electron chi connectivity index (χ2n) is 5.03. The van der Waals surface area contributed by atoms with Crippen LogP contribution in [0.2, 0.25) is 0 Å². The standard InChI is InChI=1S/C16H15N3O2/c1-18(2)12-4-6-13(7-5-12)19-10-17-14-9-11(16(20)21)3-8-15(14)19/h3-10H,1-2H3,(H,20,21). The summed E-state index contributed by atoms with van der Waals surface area (Å²) in [6, 6.07) is 13.1. The van der Waals surface area contributed by atoms with Crippen LogP contribution in [0.15, 0.2) is 48.8 Å². The number of benzene rings is 2. The Balaban J connectivity index is 2.06. The number of hydrogen-bond donors (Lipinski definition) is 1. The maximum Gasteiger partial charge on any atom is 0.335 e. The van der Waals surface area contributed by atoms with Gasteiger partial charge in [-0.05, 0) is 42.5 Å². The molecule has 0 saturated heterocycles. The Kier molecular flexibility index (Phi) is 3.10. The molecule has 0 aliphatic rings. The van der Waals surface area contributed by atoms with Crippen LogP contribution in [0.25, 0.3) is 16.7 Å². The van der Waals surface area contributed by atoms with E-state index in [9.17, 15) is 4.79 Å². The van der Waals surface area contributed by atoms with Gasteiger partial charge in [-0.1, -0.05) is 0 Å². The predicted molar refractivity (Wildman–Crippen MR) is 82.4 cm³/mol. The van der Waals surface area contributed by atoms with E-state index < -0.39 is 5.97 Å². The van der Waals surface area contributed by atoms with Crippen LogP contribution in [-0.2, 0) is 0 Å². The first kappa shape index (κ1) is 13.2. The summed E-state index contributed by atoms with van der Waals surface area (Å²) in [5.74, 6) is -0.943. The van der Waals surface area contributed by atoms with Crippen LogP contribution in [0, 0.1) is 0 Å². The molecular weight excluding hydrogens is 266 g/mol. The molecule has 0 atom stereocenters. The van der Waals surface area contributed by atoms with E-state index in [0.29, 0.717) is 5.52 Å². The Morgan fingerprint density at radius 2 is 1.86 bits per heavy atom. The topological polar surface area (TPSA) is 58.4 Å². The van der Waals surface area contributed by atoms with Crippen molar-refractivity contribution >= 4 is 22.7 Å². The van der Waals surface area contributed by atoms with Gasteiger partial charge >= 0.3 is 5.97 Å². The van der Waals surface area contributed by atoms with Gasteiger partial charge in [0.15, 0.2) is 0 Å². The predicted octanol–water partition coefficient (Wildman–Crippen LogP) is 2.79. The summed E-state index contributed by atoms with van der Waals surface area (Å²) in [6.45, 7) is 0. The van der Waals surface area contributed by atoms with Crippen molar-refractivity contribution in [2.24, 2.45) is 0 Å². The van der Waals surface area contributed by atoms with Gasteiger partial charge in [0.05, 0.1) is 16.6 Å². The number of hydrogen-bond acceptors (Lipinski definition) is 3. The lowest BCUT2D eigenvalue weighted by Gasteiger charge is -2.13. The third-order valence-electron chi connectivity index (χ3n) is 3.44. The van der Waals surface area contributed by atoms with Gasteiger partial charge in [0.2, 0.25) is 0 Å². The number of carboxylic acids is 1. The van der Waals surface area contributed by atoms with Crippen LogP contribution < -0.4 is 4.90 Å². The van der Waals surface area contributed by atoms with Crippen molar-refractivity contribution in [2.75, 3.05) is 19.0 Å². The number of carbonyl (C=O) groups is 1. The molecular formula is C16H15N3O2. The highest BCUT2D eigenvalue weighted by atomic mass is 16.4. The minimum absolute atomic E-state index is 0.246. The van der Waals surface area contributed by atoms with Crippen LogP contribution in [0.5, 0.6) is 0 Å². The molecule has 2 aromatic carbocycles. The van der Waals surface area contributed by atoms with Gasteiger partial charge in [-0.15, -0.1) is 0 Å². The third-order valence-corrected chi connectivity index (χ3v) is 3.44. The average Bonchev–Trinajstić information content (AvgIpc) is 2.90. The number of nitrogens with zero attached hydrogens (tertiary/aromatic N) is 3. The molecule has 1 N–H and O–H groups in total. The fourth-order valence-corrected chi connectivity index (χ4v) is 2.26. The molecule has 0 fully saturated rings. The minimum Gasteiger partial charge on any atom is -0.478 e. The van der Waals surface area contributed by atoms with Crippen LogP contribution in [-0.4, -0.2) is 34.7 Å². The van der Waals surface area contributed by atoms with Gasteiger partial charge in [0.25, 0.3) is 0 Å². The molecule has 106 valence electrons. The average molecular weight is 281 g/mol. The van der Waals surface area contributed by atoms with Crippen molar-refractivity contribution in [3.63, 3.8) is 0 Å². The second kappa shape index (κ2) is 4.94. The quantitative estimate of drug-likeness (QED) is 0.802. The third kappa shape index (κ3) is 2.33. The number of anilines is 1. The number of fused-ring (bicyclic) bond motifs is 1. The molecule has 5 nitrogen and oxygen atoms in total. The summed E-state index contributed by atoms with van der Waals surface area (Å²) >= 11 is 0. The van der Waals surface area contributed by atoms with Crippen LogP contribution in [0.3, 0.4) is 0 Å². The number of aromatic carboxylic acids is 1. The van der Waals surface area contributed by atoms with Gasteiger partial charge in [-0.25, -0.2) is 9.78 Å². The summed E-state index contributed by atoms with van der Waals surface area (Å²) in [5, 5.41) is 9.01. The number of aromatic nitrogens is 2. The molecule has 0 saturated carbocycles. The zero-order valence-electron chi connectivity index (χ0n) is 11.8. The molecule has 0 aliphatic carbocycles. The van der Waals surface area contributed by atoms with Crippen molar-refractivity contribution in [1.29, 1.82) is 0 Å². The summed E-state index contributed by atoms with van der Waals surface area (Å²) < 4.78 is 1.94.